The standard InChI is InChI=1S/C66H118NO8P/c1-6-8-10-12-14-16-18-20-22-24-26-28-30-31-32-33-34-35-37-39-41-43-45-47-49-51-53-55-57-59-66(69)75-64(63-74-76(70,71)73-61-60-67(3,4)5)62-72-65(68)58-56-54-52-50-48-46-44-42-40-38-36-29-27-25-23-21-19-17-15-13-11-9-7-2/h8,10,14,16,19-22,25-28,31-32,64H,6-7,9,11-13,15,17-18,23-24,29-30,33-63H2,1-5H3/p+1/b10-8-,16-14-,21-19-,22-20-,27-25-,28-26-,32-31-. The first-order chi connectivity index (χ1) is 37.0. The number of esters is 2. The summed E-state index contributed by atoms with van der Waals surface area (Å²) in [6, 6.07) is 0. The number of likely N-dealkylation sites (N-methyl/N-ethyl adjacent to an activating group) is 1. The molecule has 0 rings (SSSR count). The van der Waals surface area contributed by atoms with Crippen molar-refractivity contribution in [2.24, 2.45) is 0 Å². The fourth-order valence-corrected chi connectivity index (χ4v) is 9.34. The van der Waals surface area contributed by atoms with Crippen molar-refractivity contribution in [3.8, 4) is 0 Å². The van der Waals surface area contributed by atoms with Crippen LogP contribution in [0.3, 0.4) is 0 Å². The first kappa shape index (κ1) is 73.2. The van der Waals surface area contributed by atoms with E-state index in [1.807, 2.05) is 21.1 Å². The van der Waals surface area contributed by atoms with Gasteiger partial charge in [0, 0.05) is 12.8 Å². The molecular weight excluding hydrogens is 966 g/mol. The minimum absolute atomic E-state index is 0.0287. The lowest BCUT2D eigenvalue weighted by Gasteiger charge is -2.24. The average Bonchev–Trinajstić information content (AvgIpc) is 3.38. The van der Waals surface area contributed by atoms with Gasteiger partial charge in [-0.1, -0.05) is 253 Å². The second kappa shape index (κ2) is 56.9. The summed E-state index contributed by atoms with van der Waals surface area (Å²) in [5, 5.41) is 0. The van der Waals surface area contributed by atoms with Gasteiger partial charge in [-0.2, -0.15) is 0 Å². The number of phosphoric acid groups is 1. The Morgan fingerprint density at radius 1 is 0.421 bits per heavy atom. The number of carbonyl (C=O) groups is 2. The molecule has 0 spiro atoms. The summed E-state index contributed by atoms with van der Waals surface area (Å²) in [5.74, 6) is -0.796. The highest BCUT2D eigenvalue weighted by Crippen LogP contribution is 2.43. The van der Waals surface area contributed by atoms with E-state index >= 15 is 0 Å². The molecule has 440 valence electrons. The summed E-state index contributed by atoms with van der Waals surface area (Å²) in [6.07, 6.45) is 76.5. The van der Waals surface area contributed by atoms with Gasteiger partial charge in [-0.25, -0.2) is 4.57 Å². The molecule has 0 fully saturated rings. The van der Waals surface area contributed by atoms with Crippen molar-refractivity contribution in [1.29, 1.82) is 0 Å². The normalized spacial score (nSPS) is 13.8. The van der Waals surface area contributed by atoms with Crippen molar-refractivity contribution in [2.45, 2.75) is 277 Å². The van der Waals surface area contributed by atoms with Crippen molar-refractivity contribution in [3.05, 3.63) is 85.1 Å². The molecule has 0 aliphatic carbocycles. The maximum absolute atomic E-state index is 12.8. The maximum Gasteiger partial charge on any atom is 0.472 e. The summed E-state index contributed by atoms with van der Waals surface area (Å²) >= 11 is 0. The molecule has 0 aliphatic heterocycles. The van der Waals surface area contributed by atoms with Crippen LogP contribution in [0.1, 0.15) is 271 Å². The third-order valence-corrected chi connectivity index (χ3v) is 14.4. The van der Waals surface area contributed by atoms with Crippen LogP contribution in [0.5, 0.6) is 0 Å². The summed E-state index contributed by atoms with van der Waals surface area (Å²) < 4.78 is 34.6. The quantitative estimate of drug-likeness (QED) is 0.0211. The second-order valence-corrected chi connectivity index (χ2v) is 23.5. The van der Waals surface area contributed by atoms with Crippen LogP contribution in [0.4, 0.5) is 0 Å². The fraction of sp³-hybridized carbons (Fsp3) is 0.758. The predicted molar refractivity (Wildman–Crippen MR) is 325 cm³/mol. The number of nitrogens with zero attached hydrogens (tertiary/aromatic N) is 1. The Balaban J connectivity index is 4.12. The van der Waals surface area contributed by atoms with E-state index in [0.717, 1.165) is 77.0 Å². The zero-order chi connectivity index (χ0) is 55.6. The van der Waals surface area contributed by atoms with Crippen LogP contribution in [-0.4, -0.2) is 74.9 Å². The number of carbonyl (C=O) groups excluding carboxylic acids is 2. The van der Waals surface area contributed by atoms with Gasteiger partial charge in [-0.05, 0) is 89.9 Å². The lowest BCUT2D eigenvalue weighted by molar-refractivity contribution is -0.870. The van der Waals surface area contributed by atoms with Crippen LogP contribution in [0.15, 0.2) is 85.1 Å². The highest BCUT2D eigenvalue weighted by molar-refractivity contribution is 7.47. The molecular formula is C66H119NO8P+. The monoisotopic (exact) mass is 1080 g/mol. The van der Waals surface area contributed by atoms with Crippen molar-refractivity contribution in [2.75, 3.05) is 47.5 Å². The molecule has 10 heteroatoms. The van der Waals surface area contributed by atoms with E-state index in [1.54, 1.807) is 0 Å². The third-order valence-electron chi connectivity index (χ3n) is 13.4. The third kappa shape index (κ3) is 60.4. The van der Waals surface area contributed by atoms with Crippen molar-refractivity contribution in [1.82, 2.24) is 0 Å². The van der Waals surface area contributed by atoms with Gasteiger partial charge >= 0.3 is 19.8 Å². The number of allylic oxidation sites excluding steroid dienone is 14. The molecule has 0 aromatic rings. The van der Waals surface area contributed by atoms with Crippen molar-refractivity contribution >= 4 is 19.8 Å². The lowest BCUT2D eigenvalue weighted by atomic mass is 10.0. The second-order valence-electron chi connectivity index (χ2n) is 22.1. The van der Waals surface area contributed by atoms with Gasteiger partial charge in [-0.3, -0.25) is 18.6 Å². The van der Waals surface area contributed by atoms with Crippen LogP contribution >= 0.6 is 7.82 Å². The van der Waals surface area contributed by atoms with Crippen LogP contribution in [0.25, 0.3) is 0 Å². The minimum Gasteiger partial charge on any atom is -0.462 e. The molecule has 76 heavy (non-hydrogen) atoms. The fourth-order valence-electron chi connectivity index (χ4n) is 8.60. The maximum atomic E-state index is 12.8. The minimum atomic E-state index is -4.39. The molecule has 0 aromatic carbocycles. The van der Waals surface area contributed by atoms with Gasteiger partial charge < -0.3 is 18.9 Å². The van der Waals surface area contributed by atoms with Gasteiger partial charge in [-0.15, -0.1) is 0 Å². The molecule has 0 radical (unpaired) electrons. The molecule has 0 heterocycles. The number of unbranched alkanes of at least 4 members (excludes halogenated alkanes) is 29. The average molecular weight is 1090 g/mol. The van der Waals surface area contributed by atoms with Crippen LogP contribution in [0, 0.1) is 0 Å². The molecule has 2 atom stereocenters. The van der Waals surface area contributed by atoms with Gasteiger partial charge in [0.25, 0.3) is 0 Å². The zero-order valence-corrected chi connectivity index (χ0v) is 50.9. The number of phosphoric ester groups is 1. The van der Waals surface area contributed by atoms with E-state index < -0.39 is 26.5 Å². The van der Waals surface area contributed by atoms with E-state index in [1.165, 1.54) is 161 Å². The van der Waals surface area contributed by atoms with Gasteiger partial charge in [0.1, 0.15) is 19.8 Å². The Labute approximate surface area is 469 Å². The largest absolute Gasteiger partial charge is 0.472 e. The molecule has 0 aliphatic rings. The highest BCUT2D eigenvalue weighted by Gasteiger charge is 2.27. The van der Waals surface area contributed by atoms with E-state index in [4.69, 9.17) is 18.5 Å². The molecule has 2 unspecified atom stereocenters. The van der Waals surface area contributed by atoms with Crippen LogP contribution in [0.2, 0.25) is 0 Å². The van der Waals surface area contributed by atoms with E-state index in [2.05, 4.69) is 98.9 Å². The van der Waals surface area contributed by atoms with Crippen molar-refractivity contribution in [3.63, 3.8) is 0 Å². The molecule has 0 amide bonds. The van der Waals surface area contributed by atoms with Gasteiger partial charge in [0.2, 0.25) is 0 Å². The lowest BCUT2D eigenvalue weighted by Crippen LogP contribution is -2.37. The van der Waals surface area contributed by atoms with Crippen molar-refractivity contribution < 1.29 is 42.1 Å². The number of quaternary nitrogens is 1. The smallest absolute Gasteiger partial charge is 0.462 e. The summed E-state index contributed by atoms with van der Waals surface area (Å²) in [7, 11) is 1.47. The van der Waals surface area contributed by atoms with E-state index in [0.29, 0.717) is 17.4 Å². The molecule has 1 N–H and O–H groups in total. The number of hydrogen-bond donors (Lipinski definition) is 1. The van der Waals surface area contributed by atoms with Gasteiger partial charge in [0.15, 0.2) is 6.10 Å². The Kier molecular flexibility index (Phi) is 54.8. The molecule has 0 saturated heterocycles. The summed E-state index contributed by atoms with van der Waals surface area (Å²) in [6.45, 7) is 4.33. The molecule has 0 bridgehead atoms. The Bertz CT molecular complexity index is 1560. The Hall–Kier alpha value is -2.81. The summed E-state index contributed by atoms with van der Waals surface area (Å²) in [5.41, 5.74) is 0. The number of rotatable bonds is 57. The van der Waals surface area contributed by atoms with E-state index in [9.17, 15) is 19.0 Å². The molecule has 0 aromatic heterocycles. The SMILES string of the molecule is CC/C=C\C/C=C\C/C=C\C/C=C\C/C=C\CCCCCCCCCCCCCCCC(=O)OC(COC(=O)CCCCCCCCCCCCC/C=C\C/C=C\CCCCCCC)COP(=O)(O)OCC[N+](C)(C)C. The number of hydrogen-bond acceptors (Lipinski definition) is 7. The molecule has 9 nitrogen and oxygen atoms in total. The first-order valence-electron chi connectivity index (χ1n) is 31.3. The van der Waals surface area contributed by atoms with E-state index in [-0.39, 0.29) is 32.0 Å². The van der Waals surface area contributed by atoms with Crippen LogP contribution < -0.4 is 0 Å². The highest BCUT2D eigenvalue weighted by atomic mass is 31.2. The molecule has 0 saturated carbocycles. The Morgan fingerprint density at radius 2 is 0.750 bits per heavy atom. The van der Waals surface area contributed by atoms with Gasteiger partial charge in [0.05, 0.1) is 27.7 Å². The zero-order valence-electron chi connectivity index (χ0n) is 50.0. The Morgan fingerprint density at radius 3 is 1.12 bits per heavy atom. The number of ether oxygens (including phenoxy) is 2. The van der Waals surface area contributed by atoms with Crippen LogP contribution in [-0.2, 0) is 32.7 Å². The summed E-state index contributed by atoms with van der Waals surface area (Å²) in [4.78, 5) is 35.8. The first-order valence-corrected chi connectivity index (χ1v) is 32.8. The topological polar surface area (TPSA) is 108 Å². The predicted octanol–water partition coefficient (Wildman–Crippen LogP) is 19.8.